The predicted octanol–water partition coefficient (Wildman–Crippen LogP) is 2.01. The first-order valence-electron chi connectivity index (χ1n) is 5.94. The van der Waals surface area contributed by atoms with Crippen molar-refractivity contribution in [2.75, 3.05) is 26.7 Å². The Bertz CT molecular complexity index is 340. The Morgan fingerprint density at radius 1 is 1.38 bits per heavy atom. The molecule has 1 heterocycles. The third kappa shape index (κ3) is 2.74. The molecular weight excluding hydrogens is 200 g/mol. The molecule has 3 heteroatoms. The zero-order valence-electron chi connectivity index (χ0n) is 10.1. The van der Waals surface area contributed by atoms with Crippen molar-refractivity contribution in [1.82, 2.24) is 10.4 Å². The average molecular weight is 220 g/mol. The van der Waals surface area contributed by atoms with Crippen LogP contribution in [-0.2, 0) is 0 Å². The quantitative estimate of drug-likeness (QED) is 0.724. The molecule has 0 bridgehead atoms. The third-order valence-electron chi connectivity index (χ3n) is 3.09. The normalized spacial score (nSPS) is 23.2. The number of fused-ring (bicyclic) bond motifs is 1. The van der Waals surface area contributed by atoms with Gasteiger partial charge in [-0.25, -0.2) is 5.01 Å². The van der Waals surface area contributed by atoms with Gasteiger partial charge >= 0.3 is 0 Å². The predicted molar refractivity (Wildman–Crippen MR) is 65.6 cm³/mol. The second-order valence-corrected chi connectivity index (χ2v) is 4.41. The lowest BCUT2D eigenvalue weighted by atomic mass is 9.97. The minimum atomic E-state index is 0.537. The molecule has 0 aromatic heterocycles. The molecule has 1 atom stereocenters. The lowest BCUT2D eigenvalue weighted by Crippen LogP contribution is -2.38. The van der Waals surface area contributed by atoms with Crippen LogP contribution in [0.4, 0.5) is 0 Å². The number of hydrazine groups is 1. The minimum Gasteiger partial charge on any atom is -0.492 e. The number of nitrogens with one attached hydrogen (secondary N) is 1. The number of likely N-dealkylation sites (N-methyl/N-ethyl adjacent to an activating group) is 1. The molecule has 0 radical (unpaired) electrons. The summed E-state index contributed by atoms with van der Waals surface area (Å²) in [5.74, 6) is 1.58. The summed E-state index contributed by atoms with van der Waals surface area (Å²) in [7, 11) is 2.06. The summed E-state index contributed by atoms with van der Waals surface area (Å²) in [6.45, 7) is 4.91. The van der Waals surface area contributed by atoms with Crippen LogP contribution in [0.3, 0.4) is 0 Å². The zero-order valence-corrected chi connectivity index (χ0v) is 10.1. The molecule has 88 valence electrons. The molecule has 1 aromatic rings. The molecule has 0 saturated carbocycles. The van der Waals surface area contributed by atoms with Crippen LogP contribution in [0.5, 0.6) is 5.75 Å². The van der Waals surface area contributed by atoms with Crippen molar-refractivity contribution < 1.29 is 4.74 Å². The van der Waals surface area contributed by atoms with Gasteiger partial charge in [0.2, 0.25) is 0 Å². The van der Waals surface area contributed by atoms with Gasteiger partial charge in [-0.05, 0) is 24.0 Å². The van der Waals surface area contributed by atoms with Gasteiger partial charge in [-0.3, -0.25) is 5.43 Å². The summed E-state index contributed by atoms with van der Waals surface area (Å²) in [4.78, 5) is 0. The largest absolute Gasteiger partial charge is 0.492 e. The van der Waals surface area contributed by atoms with E-state index in [9.17, 15) is 0 Å². The summed E-state index contributed by atoms with van der Waals surface area (Å²) >= 11 is 0. The summed E-state index contributed by atoms with van der Waals surface area (Å²) in [6.07, 6.45) is 1.13. The van der Waals surface area contributed by atoms with Gasteiger partial charge in [0, 0.05) is 20.1 Å². The SMILES string of the molecule is CC1CCNN(C)CCOc2ccccc21. The van der Waals surface area contributed by atoms with Gasteiger partial charge in [-0.2, -0.15) is 0 Å². The molecular formula is C13H20N2O. The second kappa shape index (κ2) is 5.32. The molecule has 1 unspecified atom stereocenters. The Morgan fingerprint density at radius 3 is 3.06 bits per heavy atom. The molecule has 1 N–H and O–H groups in total. The summed E-state index contributed by atoms with van der Waals surface area (Å²) in [5.41, 5.74) is 4.69. The van der Waals surface area contributed by atoms with E-state index in [-0.39, 0.29) is 0 Å². The van der Waals surface area contributed by atoms with Gasteiger partial charge in [0.1, 0.15) is 12.4 Å². The maximum Gasteiger partial charge on any atom is 0.122 e. The fraction of sp³-hybridized carbons (Fsp3) is 0.538. The van der Waals surface area contributed by atoms with Gasteiger partial charge in [-0.15, -0.1) is 0 Å². The first-order valence-corrected chi connectivity index (χ1v) is 5.94. The van der Waals surface area contributed by atoms with Crippen LogP contribution >= 0.6 is 0 Å². The van der Waals surface area contributed by atoms with Crippen molar-refractivity contribution in [3.8, 4) is 5.75 Å². The van der Waals surface area contributed by atoms with Crippen LogP contribution in [0.2, 0.25) is 0 Å². The maximum atomic E-state index is 5.82. The van der Waals surface area contributed by atoms with Gasteiger partial charge in [0.25, 0.3) is 0 Å². The van der Waals surface area contributed by atoms with Crippen molar-refractivity contribution in [2.24, 2.45) is 0 Å². The highest BCUT2D eigenvalue weighted by Crippen LogP contribution is 2.28. The lowest BCUT2D eigenvalue weighted by molar-refractivity contribution is 0.177. The number of rotatable bonds is 0. The Balaban J connectivity index is 2.17. The van der Waals surface area contributed by atoms with Crippen molar-refractivity contribution in [2.45, 2.75) is 19.3 Å². The number of hydrogen-bond acceptors (Lipinski definition) is 3. The molecule has 0 amide bonds. The molecule has 0 spiro atoms. The van der Waals surface area contributed by atoms with Gasteiger partial charge in [0.15, 0.2) is 0 Å². The Hall–Kier alpha value is -1.06. The summed E-state index contributed by atoms with van der Waals surface area (Å²) < 4.78 is 5.82. The molecule has 16 heavy (non-hydrogen) atoms. The number of nitrogens with zero attached hydrogens (tertiary/aromatic N) is 1. The fourth-order valence-electron chi connectivity index (χ4n) is 2.02. The molecule has 0 fully saturated rings. The summed E-state index contributed by atoms with van der Waals surface area (Å²) in [5, 5.41) is 2.10. The standard InChI is InChI=1S/C13H20N2O/c1-11-7-8-14-15(2)9-10-16-13-6-4-3-5-12(11)13/h3-6,11,14H,7-10H2,1-2H3. The molecule has 1 aromatic carbocycles. The van der Waals surface area contributed by atoms with E-state index in [0.717, 1.165) is 31.9 Å². The fourth-order valence-corrected chi connectivity index (χ4v) is 2.02. The molecule has 0 aliphatic carbocycles. The van der Waals surface area contributed by atoms with Crippen molar-refractivity contribution in [3.05, 3.63) is 29.8 Å². The Kier molecular flexibility index (Phi) is 3.80. The van der Waals surface area contributed by atoms with Crippen molar-refractivity contribution in [3.63, 3.8) is 0 Å². The highest BCUT2D eigenvalue weighted by molar-refractivity contribution is 5.35. The topological polar surface area (TPSA) is 24.5 Å². The number of para-hydroxylation sites is 1. The monoisotopic (exact) mass is 220 g/mol. The molecule has 1 aliphatic heterocycles. The van der Waals surface area contributed by atoms with E-state index in [1.165, 1.54) is 5.56 Å². The van der Waals surface area contributed by atoms with E-state index in [4.69, 9.17) is 4.74 Å². The van der Waals surface area contributed by atoms with Crippen LogP contribution in [0.15, 0.2) is 24.3 Å². The van der Waals surface area contributed by atoms with Crippen LogP contribution in [-0.4, -0.2) is 31.8 Å². The number of ether oxygens (including phenoxy) is 1. The van der Waals surface area contributed by atoms with Crippen LogP contribution in [0.1, 0.15) is 24.8 Å². The Morgan fingerprint density at radius 2 is 2.19 bits per heavy atom. The van der Waals surface area contributed by atoms with Gasteiger partial charge in [-0.1, -0.05) is 25.1 Å². The smallest absolute Gasteiger partial charge is 0.122 e. The van der Waals surface area contributed by atoms with E-state index in [0.29, 0.717) is 5.92 Å². The first-order chi connectivity index (χ1) is 7.77. The first kappa shape index (κ1) is 11.4. The van der Waals surface area contributed by atoms with Gasteiger partial charge in [0.05, 0.1) is 0 Å². The lowest BCUT2D eigenvalue weighted by Gasteiger charge is -2.24. The maximum absolute atomic E-state index is 5.82. The number of benzene rings is 1. The Labute approximate surface area is 97.4 Å². The highest BCUT2D eigenvalue weighted by Gasteiger charge is 2.13. The molecule has 0 saturated heterocycles. The van der Waals surface area contributed by atoms with Crippen molar-refractivity contribution in [1.29, 1.82) is 0 Å². The van der Waals surface area contributed by atoms with Crippen molar-refractivity contribution >= 4 is 0 Å². The third-order valence-corrected chi connectivity index (χ3v) is 3.09. The van der Waals surface area contributed by atoms with E-state index < -0.39 is 0 Å². The van der Waals surface area contributed by atoms with Crippen LogP contribution in [0.25, 0.3) is 0 Å². The van der Waals surface area contributed by atoms with E-state index in [1.807, 2.05) is 6.07 Å². The van der Waals surface area contributed by atoms with Crippen LogP contribution in [0, 0.1) is 0 Å². The molecule has 2 rings (SSSR count). The second-order valence-electron chi connectivity index (χ2n) is 4.41. The van der Waals surface area contributed by atoms with E-state index >= 15 is 0 Å². The zero-order chi connectivity index (χ0) is 11.4. The molecule has 3 nitrogen and oxygen atoms in total. The highest BCUT2D eigenvalue weighted by atomic mass is 16.5. The van der Waals surface area contributed by atoms with E-state index in [2.05, 4.69) is 42.6 Å². The van der Waals surface area contributed by atoms with Gasteiger partial charge < -0.3 is 4.74 Å². The number of hydrogen-bond donors (Lipinski definition) is 1. The minimum absolute atomic E-state index is 0.537. The average Bonchev–Trinajstić information content (AvgIpc) is 2.29. The molecule has 1 aliphatic rings. The van der Waals surface area contributed by atoms with E-state index in [1.54, 1.807) is 0 Å². The summed E-state index contributed by atoms with van der Waals surface area (Å²) in [6, 6.07) is 8.37. The van der Waals surface area contributed by atoms with Crippen LogP contribution < -0.4 is 10.2 Å².